The predicted octanol–water partition coefficient (Wildman–Crippen LogP) is 1.88. The minimum absolute atomic E-state index is 0. The van der Waals surface area contributed by atoms with Crippen LogP contribution in [0.25, 0.3) is 0 Å². The fourth-order valence-corrected chi connectivity index (χ4v) is 2.81. The Morgan fingerprint density at radius 3 is 2.74 bits per heavy atom. The highest BCUT2D eigenvalue weighted by Gasteiger charge is 2.35. The van der Waals surface area contributed by atoms with E-state index in [0.717, 1.165) is 25.7 Å². The highest BCUT2D eigenvalue weighted by Crippen LogP contribution is 2.34. The lowest BCUT2D eigenvalue weighted by Gasteiger charge is -2.17. The molecule has 23 heavy (non-hydrogen) atoms. The van der Waals surface area contributed by atoms with Crippen molar-refractivity contribution in [3.8, 4) is 0 Å². The fourth-order valence-electron chi connectivity index (χ4n) is 2.81. The fraction of sp³-hybridized carbons (Fsp3) is 0.615. The van der Waals surface area contributed by atoms with E-state index in [9.17, 15) is 10.1 Å². The number of nitrogens with two attached hydrogens (primary N) is 1. The van der Waals surface area contributed by atoms with Crippen molar-refractivity contribution in [1.82, 2.24) is 19.7 Å². The van der Waals surface area contributed by atoms with Crippen molar-refractivity contribution in [3.05, 3.63) is 33.9 Å². The molecule has 2 N–H and O–H groups in total. The summed E-state index contributed by atoms with van der Waals surface area (Å²) in [6.45, 7) is 2.21. The van der Waals surface area contributed by atoms with E-state index in [1.165, 1.54) is 6.20 Å². The summed E-state index contributed by atoms with van der Waals surface area (Å²) in [6, 6.07) is 0. The van der Waals surface area contributed by atoms with Gasteiger partial charge in [-0.3, -0.25) is 0 Å². The number of rotatable bonds is 5. The number of aromatic nitrogens is 4. The van der Waals surface area contributed by atoms with E-state index < -0.39 is 10.5 Å². The molecule has 2 heterocycles. The van der Waals surface area contributed by atoms with Crippen molar-refractivity contribution in [2.75, 3.05) is 0 Å². The van der Waals surface area contributed by atoms with E-state index in [-0.39, 0.29) is 18.2 Å². The zero-order chi connectivity index (χ0) is 15.7. The minimum Gasteiger partial charge on any atom is -0.358 e. The van der Waals surface area contributed by atoms with Gasteiger partial charge < -0.3 is 24.9 Å². The van der Waals surface area contributed by atoms with E-state index in [0.29, 0.717) is 30.5 Å². The smallest absolute Gasteiger partial charge is 0.358 e. The Hall–Kier alpha value is -2.00. The zero-order valence-corrected chi connectivity index (χ0v) is 13.6. The molecular weight excluding hydrogens is 324 g/mol. The van der Waals surface area contributed by atoms with Crippen LogP contribution < -0.4 is 5.73 Å². The van der Waals surface area contributed by atoms with Gasteiger partial charge in [-0.25, -0.2) is 0 Å². The number of nitro groups is 1. The Morgan fingerprint density at radius 1 is 1.43 bits per heavy atom. The lowest BCUT2D eigenvalue weighted by molar-refractivity contribution is -0.389. The second kappa shape index (κ2) is 6.63. The Bertz CT molecular complexity index is 692. The maximum Gasteiger partial charge on any atom is 0.381 e. The molecule has 1 saturated carbocycles. The number of hydrogen-bond acceptors (Lipinski definition) is 7. The quantitative estimate of drug-likeness (QED) is 0.649. The molecule has 0 bridgehead atoms. The van der Waals surface area contributed by atoms with Crippen molar-refractivity contribution in [2.24, 2.45) is 5.73 Å². The predicted molar refractivity (Wildman–Crippen MR) is 83.2 cm³/mol. The summed E-state index contributed by atoms with van der Waals surface area (Å²) in [7, 11) is 0. The molecule has 0 saturated heterocycles. The van der Waals surface area contributed by atoms with Crippen molar-refractivity contribution in [2.45, 2.75) is 51.1 Å². The van der Waals surface area contributed by atoms with E-state index in [2.05, 4.69) is 15.1 Å². The first kappa shape index (κ1) is 17.4. The molecule has 3 rings (SSSR count). The van der Waals surface area contributed by atoms with Gasteiger partial charge in [-0.15, -0.1) is 12.4 Å². The van der Waals surface area contributed by atoms with Gasteiger partial charge in [0.1, 0.15) is 6.20 Å². The molecule has 2 aromatic heterocycles. The summed E-state index contributed by atoms with van der Waals surface area (Å²) >= 11 is 0. The van der Waals surface area contributed by atoms with Gasteiger partial charge in [-0.05, 0) is 22.7 Å². The van der Waals surface area contributed by atoms with Crippen LogP contribution in [0, 0.1) is 17.0 Å². The van der Waals surface area contributed by atoms with Crippen molar-refractivity contribution < 1.29 is 9.45 Å². The van der Waals surface area contributed by atoms with Gasteiger partial charge in [0.25, 0.3) is 0 Å². The highest BCUT2D eigenvalue weighted by atomic mass is 35.5. The highest BCUT2D eigenvalue weighted by molar-refractivity contribution is 5.85. The lowest BCUT2D eigenvalue weighted by Crippen LogP contribution is -2.34. The SMILES string of the molecule is Cc1nc([N+](=O)[O-])cn1CCc1nc(C2(N)CCCC2)no1.Cl. The Morgan fingerprint density at radius 2 is 2.13 bits per heavy atom. The Kier molecular flexibility index (Phi) is 5.00. The van der Waals surface area contributed by atoms with Crippen LogP contribution in [0.5, 0.6) is 0 Å². The van der Waals surface area contributed by atoms with Gasteiger partial charge in [-0.2, -0.15) is 4.98 Å². The van der Waals surface area contributed by atoms with Gasteiger partial charge in [-0.1, -0.05) is 18.0 Å². The third-order valence-corrected chi connectivity index (χ3v) is 4.13. The van der Waals surface area contributed by atoms with E-state index in [1.807, 2.05) is 0 Å². The molecule has 126 valence electrons. The number of halogens is 1. The number of hydrogen-bond donors (Lipinski definition) is 1. The second-order valence-corrected chi connectivity index (χ2v) is 5.72. The average Bonchev–Trinajstić information content (AvgIpc) is 3.17. The Labute approximate surface area is 138 Å². The van der Waals surface area contributed by atoms with Crippen molar-refractivity contribution >= 4 is 18.2 Å². The summed E-state index contributed by atoms with van der Waals surface area (Å²) in [5.41, 5.74) is 5.82. The van der Waals surface area contributed by atoms with E-state index in [4.69, 9.17) is 10.3 Å². The van der Waals surface area contributed by atoms with Crippen molar-refractivity contribution in [3.63, 3.8) is 0 Å². The minimum atomic E-state index is -0.507. The van der Waals surface area contributed by atoms with Gasteiger partial charge in [0.2, 0.25) is 11.7 Å². The van der Waals surface area contributed by atoms with Gasteiger partial charge >= 0.3 is 5.82 Å². The molecule has 0 unspecified atom stereocenters. The van der Waals surface area contributed by atoms with Crippen LogP contribution >= 0.6 is 12.4 Å². The largest absolute Gasteiger partial charge is 0.381 e. The summed E-state index contributed by atoms with van der Waals surface area (Å²) < 4.78 is 6.95. The van der Waals surface area contributed by atoms with E-state index in [1.54, 1.807) is 11.5 Å². The normalized spacial score (nSPS) is 16.3. The molecule has 1 fully saturated rings. The first-order valence-corrected chi connectivity index (χ1v) is 7.28. The van der Waals surface area contributed by atoms with Crippen LogP contribution in [0.2, 0.25) is 0 Å². The molecule has 10 heteroatoms. The second-order valence-electron chi connectivity index (χ2n) is 5.72. The molecule has 1 aliphatic carbocycles. The average molecular weight is 343 g/mol. The summed E-state index contributed by atoms with van der Waals surface area (Å²) in [5.74, 6) is 1.48. The monoisotopic (exact) mass is 342 g/mol. The first-order valence-electron chi connectivity index (χ1n) is 7.28. The summed E-state index contributed by atoms with van der Waals surface area (Å²) in [4.78, 5) is 18.5. The van der Waals surface area contributed by atoms with Gasteiger partial charge in [0, 0.05) is 19.9 Å². The molecule has 0 atom stereocenters. The number of imidazole rings is 1. The molecule has 1 aliphatic rings. The maximum atomic E-state index is 10.7. The number of nitrogens with zero attached hydrogens (tertiary/aromatic N) is 5. The summed E-state index contributed by atoms with van der Waals surface area (Å²) in [5, 5.41) is 14.7. The van der Waals surface area contributed by atoms with Crippen molar-refractivity contribution in [1.29, 1.82) is 0 Å². The number of aryl methyl sites for hydroxylation is 3. The first-order chi connectivity index (χ1) is 10.5. The molecule has 2 aromatic rings. The zero-order valence-electron chi connectivity index (χ0n) is 12.8. The van der Waals surface area contributed by atoms with Gasteiger partial charge in [0.05, 0.1) is 5.54 Å². The van der Waals surface area contributed by atoms with Crippen LogP contribution in [-0.4, -0.2) is 24.6 Å². The van der Waals surface area contributed by atoms with Crippen LogP contribution in [0.15, 0.2) is 10.7 Å². The molecule has 0 amide bonds. The maximum absolute atomic E-state index is 10.7. The Balaban J connectivity index is 0.00000192. The van der Waals surface area contributed by atoms with E-state index >= 15 is 0 Å². The lowest BCUT2D eigenvalue weighted by atomic mass is 9.99. The molecule has 0 spiro atoms. The molecule has 9 nitrogen and oxygen atoms in total. The van der Waals surface area contributed by atoms with Gasteiger partial charge in [0.15, 0.2) is 5.82 Å². The topological polar surface area (TPSA) is 126 Å². The molecule has 0 aromatic carbocycles. The molecular formula is C13H19ClN6O3. The third kappa shape index (κ3) is 3.50. The van der Waals surface area contributed by atoms with Crippen LogP contribution in [0.4, 0.5) is 5.82 Å². The molecule has 0 radical (unpaired) electrons. The van der Waals surface area contributed by atoms with Crippen LogP contribution in [0.1, 0.15) is 43.2 Å². The molecule has 0 aliphatic heterocycles. The third-order valence-electron chi connectivity index (χ3n) is 4.13. The van der Waals surface area contributed by atoms with Crippen LogP contribution in [0.3, 0.4) is 0 Å². The summed E-state index contributed by atoms with van der Waals surface area (Å²) in [6.07, 6.45) is 5.81. The standard InChI is InChI=1S/C13H18N6O3.ClH/c1-9-15-10(19(20)21)8-18(9)7-4-11-16-12(17-22-11)13(14)5-2-3-6-13;/h8H,2-7,14H2,1H3;1H. The van der Waals surface area contributed by atoms with Crippen LogP contribution in [-0.2, 0) is 18.5 Å².